The first-order valence-corrected chi connectivity index (χ1v) is 11.2. The lowest BCUT2D eigenvalue weighted by Gasteiger charge is -2.13. The molecule has 7 heteroatoms. The van der Waals surface area contributed by atoms with Crippen molar-refractivity contribution in [1.82, 2.24) is 9.78 Å². The van der Waals surface area contributed by atoms with E-state index in [1.165, 1.54) is 6.08 Å². The van der Waals surface area contributed by atoms with Crippen molar-refractivity contribution in [1.29, 1.82) is 0 Å². The van der Waals surface area contributed by atoms with E-state index in [1.54, 1.807) is 16.8 Å². The third-order valence-electron chi connectivity index (χ3n) is 4.84. The molecule has 1 aromatic heterocycles. The molecule has 148 valence electrons. The molecule has 3 aromatic rings. The molecule has 4 rings (SSSR count). The number of rotatable bonds is 5. The summed E-state index contributed by atoms with van der Waals surface area (Å²) in [5.74, 6) is 0.370. The Labute approximate surface area is 169 Å². The van der Waals surface area contributed by atoms with Crippen molar-refractivity contribution in [2.45, 2.75) is 12.5 Å². The summed E-state index contributed by atoms with van der Waals surface area (Å²) in [7, 11) is -3.08. The average Bonchev–Trinajstić information content (AvgIpc) is 3.30. The van der Waals surface area contributed by atoms with Gasteiger partial charge in [0.15, 0.2) is 9.84 Å². The van der Waals surface area contributed by atoms with Crippen molar-refractivity contribution >= 4 is 27.6 Å². The van der Waals surface area contributed by atoms with Gasteiger partial charge in [-0.25, -0.2) is 13.1 Å². The summed E-state index contributed by atoms with van der Waals surface area (Å²) in [5.41, 5.74) is 2.52. The van der Waals surface area contributed by atoms with Crippen molar-refractivity contribution in [3.05, 3.63) is 78.4 Å². The number of anilines is 1. The molecule has 0 spiro atoms. The number of hydrogen-bond donors (Lipinski definition) is 1. The fraction of sp³-hybridized carbons (Fsp3) is 0.182. The summed E-state index contributed by atoms with van der Waals surface area (Å²) in [6, 6.07) is 20.6. The summed E-state index contributed by atoms with van der Waals surface area (Å²) in [5, 5.41) is 7.47. The fourth-order valence-corrected chi connectivity index (χ4v) is 5.08. The standard InChI is InChI=1S/C22H21N3O3S/c26-22(12-11-17-7-3-1-4-8-17)23-21-15-20(18-9-5-2-6-10-18)24-25(21)19-13-14-29(27,28)16-19/h1-12,15,19H,13-14,16H2,(H,23,26)/b12-11+. The smallest absolute Gasteiger partial charge is 0.249 e. The topological polar surface area (TPSA) is 81.1 Å². The van der Waals surface area contributed by atoms with Gasteiger partial charge in [-0.3, -0.25) is 4.79 Å². The van der Waals surface area contributed by atoms with Crippen molar-refractivity contribution in [2.75, 3.05) is 16.8 Å². The molecule has 1 fully saturated rings. The van der Waals surface area contributed by atoms with Crippen LogP contribution in [-0.4, -0.2) is 35.6 Å². The molecule has 1 aliphatic rings. The van der Waals surface area contributed by atoms with E-state index in [0.717, 1.165) is 11.1 Å². The number of benzene rings is 2. The summed E-state index contributed by atoms with van der Waals surface area (Å²) in [6.07, 6.45) is 3.68. The second-order valence-corrected chi connectivity index (χ2v) is 9.24. The van der Waals surface area contributed by atoms with Crippen LogP contribution in [0.1, 0.15) is 18.0 Å². The van der Waals surface area contributed by atoms with Crippen molar-refractivity contribution in [3.8, 4) is 11.3 Å². The summed E-state index contributed by atoms with van der Waals surface area (Å²) >= 11 is 0. The Hall–Kier alpha value is -3.19. The van der Waals surface area contributed by atoms with Crippen LogP contribution in [-0.2, 0) is 14.6 Å². The minimum atomic E-state index is -3.08. The molecule has 2 aromatic carbocycles. The van der Waals surface area contributed by atoms with Crippen LogP contribution < -0.4 is 5.32 Å². The van der Waals surface area contributed by atoms with E-state index in [2.05, 4.69) is 10.4 Å². The second kappa shape index (κ2) is 8.05. The molecule has 0 saturated carbocycles. The highest BCUT2D eigenvalue weighted by Gasteiger charge is 2.31. The number of aromatic nitrogens is 2. The third kappa shape index (κ3) is 4.63. The van der Waals surface area contributed by atoms with Crippen LogP contribution in [0.5, 0.6) is 0 Å². The normalized spacial score (nSPS) is 18.1. The lowest BCUT2D eigenvalue weighted by molar-refractivity contribution is -0.111. The molecule has 0 bridgehead atoms. The van der Waals surface area contributed by atoms with Gasteiger partial charge in [0.25, 0.3) is 0 Å². The van der Waals surface area contributed by atoms with Crippen LogP contribution in [0.4, 0.5) is 5.82 Å². The van der Waals surface area contributed by atoms with Gasteiger partial charge in [0.1, 0.15) is 5.82 Å². The third-order valence-corrected chi connectivity index (χ3v) is 6.59. The maximum absolute atomic E-state index is 12.5. The molecule has 0 aliphatic carbocycles. The van der Waals surface area contributed by atoms with Crippen LogP contribution in [0.15, 0.2) is 72.8 Å². The van der Waals surface area contributed by atoms with E-state index in [0.29, 0.717) is 17.9 Å². The summed E-state index contributed by atoms with van der Waals surface area (Å²) < 4.78 is 25.5. The molecule has 1 amide bonds. The highest BCUT2D eigenvalue weighted by molar-refractivity contribution is 7.91. The van der Waals surface area contributed by atoms with Gasteiger partial charge in [-0.1, -0.05) is 60.7 Å². The highest BCUT2D eigenvalue weighted by Crippen LogP contribution is 2.30. The van der Waals surface area contributed by atoms with Crippen LogP contribution in [0.2, 0.25) is 0 Å². The van der Waals surface area contributed by atoms with Crippen LogP contribution in [0, 0.1) is 0 Å². The number of carbonyl (C=O) groups excluding carboxylic acids is 1. The largest absolute Gasteiger partial charge is 0.307 e. The molecule has 2 heterocycles. The molecule has 1 saturated heterocycles. The Bertz CT molecular complexity index is 1140. The lowest BCUT2D eigenvalue weighted by atomic mass is 10.1. The first-order valence-electron chi connectivity index (χ1n) is 9.40. The fourth-order valence-electron chi connectivity index (χ4n) is 3.39. The van der Waals surface area contributed by atoms with Gasteiger partial charge in [-0.15, -0.1) is 0 Å². The number of sulfone groups is 1. The van der Waals surface area contributed by atoms with Gasteiger partial charge < -0.3 is 5.32 Å². The molecule has 6 nitrogen and oxygen atoms in total. The zero-order chi connectivity index (χ0) is 20.3. The second-order valence-electron chi connectivity index (χ2n) is 7.02. The van der Waals surface area contributed by atoms with Crippen molar-refractivity contribution in [3.63, 3.8) is 0 Å². The SMILES string of the molecule is O=C(/C=C/c1ccccc1)Nc1cc(-c2ccccc2)nn1C1CCS(=O)(=O)C1. The molecule has 1 atom stereocenters. The van der Waals surface area contributed by atoms with Crippen molar-refractivity contribution in [2.24, 2.45) is 0 Å². The van der Waals surface area contributed by atoms with E-state index >= 15 is 0 Å². The van der Waals surface area contributed by atoms with Crippen LogP contribution >= 0.6 is 0 Å². The van der Waals surface area contributed by atoms with E-state index in [1.807, 2.05) is 60.7 Å². The Kier molecular flexibility index (Phi) is 5.31. The zero-order valence-corrected chi connectivity index (χ0v) is 16.5. The number of hydrogen-bond acceptors (Lipinski definition) is 4. The Morgan fingerprint density at radius 3 is 2.41 bits per heavy atom. The minimum absolute atomic E-state index is 0.0334. The van der Waals surface area contributed by atoms with Crippen molar-refractivity contribution < 1.29 is 13.2 Å². The lowest BCUT2D eigenvalue weighted by Crippen LogP contribution is -2.18. The van der Waals surface area contributed by atoms with Gasteiger partial charge in [0.2, 0.25) is 5.91 Å². The minimum Gasteiger partial charge on any atom is -0.307 e. The van der Waals surface area contributed by atoms with Gasteiger partial charge in [-0.05, 0) is 18.1 Å². The summed E-state index contributed by atoms with van der Waals surface area (Å²) in [6.45, 7) is 0. The number of nitrogens with zero attached hydrogens (tertiary/aromatic N) is 2. The zero-order valence-electron chi connectivity index (χ0n) is 15.7. The molecule has 1 unspecified atom stereocenters. The van der Waals surface area contributed by atoms with Gasteiger partial charge >= 0.3 is 0 Å². The molecule has 1 aliphatic heterocycles. The average molecular weight is 407 g/mol. The number of amides is 1. The van der Waals surface area contributed by atoms with Crippen LogP contribution in [0.3, 0.4) is 0 Å². The van der Waals surface area contributed by atoms with Gasteiger partial charge in [0, 0.05) is 17.7 Å². The maximum Gasteiger partial charge on any atom is 0.249 e. The van der Waals surface area contributed by atoms with E-state index in [-0.39, 0.29) is 23.5 Å². The molecule has 1 N–H and O–H groups in total. The van der Waals surface area contributed by atoms with E-state index in [9.17, 15) is 13.2 Å². The van der Waals surface area contributed by atoms with E-state index < -0.39 is 9.84 Å². The predicted molar refractivity (Wildman–Crippen MR) is 114 cm³/mol. The highest BCUT2D eigenvalue weighted by atomic mass is 32.2. The number of carbonyl (C=O) groups is 1. The maximum atomic E-state index is 12.5. The first kappa shape index (κ1) is 19.1. The Balaban J connectivity index is 1.61. The molecule has 0 radical (unpaired) electrons. The Morgan fingerprint density at radius 1 is 1.07 bits per heavy atom. The summed E-state index contributed by atoms with van der Waals surface area (Å²) in [4.78, 5) is 12.5. The number of nitrogens with one attached hydrogen (secondary N) is 1. The first-order chi connectivity index (χ1) is 14.0. The Morgan fingerprint density at radius 2 is 1.76 bits per heavy atom. The van der Waals surface area contributed by atoms with Gasteiger partial charge in [0.05, 0.1) is 23.2 Å². The molecular weight excluding hydrogens is 386 g/mol. The molecular formula is C22H21N3O3S. The van der Waals surface area contributed by atoms with E-state index in [4.69, 9.17) is 0 Å². The molecule has 29 heavy (non-hydrogen) atoms. The van der Waals surface area contributed by atoms with Gasteiger partial charge in [-0.2, -0.15) is 5.10 Å². The monoisotopic (exact) mass is 407 g/mol. The predicted octanol–water partition coefficient (Wildman–Crippen LogP) is 3.56. The van der Waals surface area contributed by atoms with Crippen LogP contribution in [0.25, 0.3) is 17.3 Å². The quantitative estimate of drug-likeness (QED) is 0.656.